The quantitative estimate of drug-likeness (QED) is 0.719. The fraction of sp³-hybridized carbons (Fsp3) is 0.350. The molecule has 2 rings (SSSR count). The first kappa shape index (κ1) is 20.2. The van der Waals surface area contributed by atoms with Crippen LogP contribution >= 0.6 is 0 Å². The number of nitrogens with zero attached hydrogens (tertiary/aromatic N) is 1. The normalized spacial score (nSPS) is 12.7. The number of amides is 1. The molecule has 0 fully saturated rings. The highest BCUT2D eigenvalue weighted by atomic mass is 16.5. The van der Waals surface area contributed by atoms with Crippen LogP contribution in [0.2, 0.25) is 0 Å². The van der Waals surface area contributed by atoms with Crippen LogP contribution in [0.5, 0.6) is 0 Å². The molecule has 1 aromatic carbocycles. The van der Waals surface area contributed by atoms with Crippen molar-refractivity contribution in [2.24, 2.45) is 5.92 Å². The smallest absolute Gasteiger partial charge is 0.338 e. The molecule has 0 saturated carbocycles. The van der Waals surface area contributed by atoms with Crippen molar-refractivity contribution in [2.75, 3.05) is 13.7 Å². The highest BCUT2D eigenvalue weighted by Crippen LogP contribution is 2.11. The summed E-state index contributed by atoms with van der Waals surface area (Å²) in [4.78, 5) is 35.9. The highest BCUT2D eigenvalue weighted by Gasteiger charge is 2.27. The molecule has 2 aromatic rings. The molecule has 0 saturated heterocycles. The molecule has 1 amide bonds. The number of esters is 2. The number of methoxy groups -OCH3 is 1. The fourth-order valence-corrected chi connectivity index (χ4v) is 2.50. The predicted molar refractivity (Wildman–Crippen MR) is 99.5 cm³/mol. The molecule has 1 aromatic heterocycles. The molecule has 0 aliphatic heterocycles. The molecule has 7 heteroatoms. The van der Waals surface area contributed by atoms with Crippen LogP contribution in [0.15, 0.2) is 48.8 Å². The van der Waals surface area contributed by atoms with E-state index in [1.807, 2.05) is 42.9 Å². The largest absolute Gasteiger partial charge is 0.467 e. The third kappa shape index (κ3) is 5.44. The summed E-state index contributed by atoms with van der Waals surface area (Å²) in [6.07, 6.45) is 4.48. The molecule has 0 radical (unpaired) electrons. The van der Waals surface area contributed by atoms with E-state index in [9.17, 15) is 14.4 Å². The van der Waals surface area contributed by atoms with Crippen LogP contribution in [0, 0.1) is 5.92 Å². The molecule has 27 heavy (non-hydrogen) atoms. The Morgan fingerprint density at radius 2 is 1.74 bits per heavy atom. The van der Waals surface area contributed by atoms with E-state index >= 15 is 0 Å². The summed E-state index contributed by atoms with van der Waals surface area (Å²) < 4.78 is 11.7. The maximum absolute atomic E-state index is 12.1. The Labute approximate surface area is 158 Å². The Balaban J connectivity index is 1.90. The van der Waals surface area contributed by atoms with Gasteiger partial charge in [-0.25, -0.2) is 9.59 Å². The minimum Gasteiger partial charge on any atom is -0.467 e. The summed E-state index contributed by atoms with van der Waals surface area (Å²) in [5, 5.41) is 2.56. The van der Waals surface area contributed by atoms with Gasteiger partial charge in [0, 0.05) is 18.1 Å². The topological polar surface area (TPSA) is 86.6 Å². The van der Waals surface area contributed by atoms with Gasteiger partial charge in [0.05, 0.1) is 12.7 Å². The van der Waals surface area contributed by atoms with Crippen molar-refractivity contribution in [1.82, 2.24) is 9.88 Å². The SMILES string of the molecule is CC[C@H](C)[C@@H](NC(=O)COC(=O)c1ccc(-n2cccc2)cc1)C(=O)OC. The molecule has 0 bridgehead atoms. The molecule has 144 valence electrons. The maximum atomic E-state index is 12.1. The minimum atomic E-state index is -0.771. The molecular formula is C20H24N2O5. The van der Waals surface area contributed by atoms with Crippen LogP contribution in [0.1, 0.15) is 30.6 Å². The Morgan fingerprint density at radius 3 is 2.30 bits per heavy atom. The number of hydrogen-bond donors (Lipinski definition) is 1. The van der Waals surface area contributed by atoms with Gasteiger partial charge >= 0.3 is 11.9 Å². The minimum absolute atomic E-state index is 0.0988. The predicted octanol–water partition coefficient (Wildman–Crippen LogP) is 2.34. The van der Waals surface area contributed by atoms with Crippen molar-refractivity contribution in [1.29, 1.82) is 0 Å². The number of aromatic nitrogens is 1. The van der Waals surface area contributed by atoms with E-state index in [1.165, 1.54) is 7.11 Å². The molecule has 0 aliphatic rings. The van der Waals surface area contributed by atoms with E-state index < -0.39 is 30.5 Å². The van der Waals surface area contributed by atoms with Crippen LogP contribution in [0.3, 0.4) is 0 Å². The van der Waals surface area contributed by atoms with Crippen LogP contribution in [-0.4, -0.2) is 42.2 Å². The van der Waals surface area contributed by atoms with Gasteiger partial charge in [0.25, 0.3) is 5.91 Å². The number of ether oxygens (including phenoxy) is 2. The lowest BCUT2D eigenvalue weighted by Gasteiger charge is -2.21. The van der Waals surface area contributed by atoms with Gasteiger partial charge in [-0.1, -0.05) is 20.3 Å². The summed E-state index contributed by atoms with van der Waals surface area (Å²) in [5.74, 6) is -1.78. The van der Waals surface area contributed by atoms with E-state index in [2.05, 4.69) is 5.32 Å². The molecular weight excluding hydrogens is 348 g/mol. The molecule has 7 nitrogen and oxygen atoms in total. The molecule has 0 aliphatic carbocycles. The van der Waals surface area contributed by atoms with Crippen LogP contribution in [0.4, 0.5) is 0 Å². The third-order valence-electron chi connectivity index (χ3n) is 4.32. The average molecular weight is 372 g/mol. The molecule has 1 N–H and O–H groups in total. The zero-order chi connectivity index (χ0) is 19.8. The molecule has 1 heterocycles. The first-order valence-corrected chi connectivity index (χ1v) is 8.74. The van der Waals surface area contributed by atoms with E-state index in [1.54, 1.807) is 24.3 Å². The lowest BCUT2D eigenvalue weighted by atomic mass is 9.99. The number of carbonyl (C=O) groups excluding carboxylic acids is 3. The van der Waals surface area contributed by atoms with E-state index in [-0.39, 0.29) is 5.92 Å². The van der Waals surface area contributed by atoms with Gasteiger partial charge in [-0.2, -0.15) is 0 Å². The maximum Gasteiger partial charge on any atom is 0.338 e. The number of nitrogens with one attached hydrogen (secondary N) is 1. The standard InChI is InChI=1S/C20H24N2O5/c1-4-14(2)18(20(25)26-3)21-17(23)13-27-19(24)15-7-9-16(10-8-15)22-11-5-6-12-22/h5-12,14,18H,4,13H2,1-3H3,(H,21,23)/t14-,18+/m0/s1. The van der Waals surface area contributed by atoms with E-state index in [0.717, 1.165) is 5.69 Å². The summed E-state index contributed by atoms with van der Waals surface area (Å²) in [6.45, 7) is 3.27. The second-order valence-corrected chi connectivity index (χ2v) is 6.17. The summed E-state index contributed by atoms with van der Waals surface area (Å²) in [6, 6.07) is 9.87. The first-order chi connectivity index (χ1) is 13.0. The lowest BCUT2D eigenvalue weighted by Crippen LogP contribution is -2.47. The van der Waals surface area contributed by atoms with E-state index in [4.69, 9.17) is 9.47 Å². The number of carbonyl (C=O) groups is 3. The second-order valence-electron chi connectivity index (χ2n) is 6.17. The molecule has 0 unspecified atom stereocenters. The Morgan fingerprint density at radius 1 is 1.11 bits per heavy atom. The van der Waals surface area contributed by atoms with Gasteiger partial charge in [-0.15, -0.1) is 0 Å². The van der Waals surface area contributed by atoms with Crippen LogP contribution in [0.25, 0.3) is 5.69 Å². The summed E-state index contributed by atoms with van der Waals surface area (Å²) in [5.41, 5.74) is 1.24. The average Bonchev–Trinajstić information content (AvgIpc) is 3.24. The van der Waals surface area contributed by atoms with Gasteiger partial charge in [-0.05, 0) is 42.3 Å². The van der Waals surface area contributed by atoms with Gasteiger partial charge in [-0.3, -0.25) is 4.79 Å². The fourth-order valence-electron chi connectivity index (χ4n) is 2.50. The molecule has 2 atom stereocenters. The van der Waals surface area contributed by atoms with Crippen molar-refractivity contribution in [3.05, 3.63) is 54.4 Å². The van der Waals surface area contributed by atoms with Crippen molar-refractivity contribution in [2.45, 2.75) is 26.3 Å². The van der Waals surface area contributed by atoms with Gasteiger partial charge in [0.1, 0.15) is 6.04 Å². The summed E-state index contributed by atoms with van der Waals surface area (Å²) in [7, 11) is 1.27. The Bertz CT molecular complexity index is 768. The third-order valence-corrected chi connectivity index (χ3v) is 4.32. The van der Waals surface area contributed by atoms with E-state index in [0.29, 0.717) is 12.0 Å². The zero-order valence-corrected chi connectivity index (χ0v) is 15.7. The second kappa shape index (κ2) is 9.56. The number of benzene rings is 1. The Kier molecular flexibility index (Phi) is 7.16. The zero-order valence-electron chi connectivity index (χ0n) is 15.7. The first-order valence-electron chi connectivity index (χ1n) is 8.74. The number of rotatable bonds is 8. The van der Waals surface area contributed by atoms with Crippen molar-refractivity contribution in [3.8, 4) is 5.69 Å². The van der Waals surface area contributed by atoms with Crippen LogP contribution in [-0.2, 0) is 19.1 Å². The van der Waals surface area contributed by atoms with Gasteiger partial charge < -0.3 is 19.4 Å². The number of hydrogen-bond acceptors (Lipinski definition) is 5. The Hall–Kier alpha value is -3.09. The highest BCUT2D eigenvalue weighted by molar-refractivity contribution is 5.92. The van der Waals surface area contributed by atoms with Crippen molar-refractivity contribution >= 4 is 17.8 Å². The van der Waals surface area contributed by atoms with Gasteiger partial charge in [0.2, 0.25) is 0 Å². The monoisotopic (exact) mass is 372 g/mol. The van der Waals surface area contributed by atoms with Gasteiger partial charge in [0.15, 0.2) is 6.61 Å². The summed E-state index contributed by atoms with van der Waals surface area (Å²) >= 11 is 0. The van der Waals surface area contributed by atoms with Crippen LogP contribution < -0.4 is 5.32 Å². The lowest BCUT2D eigenvalue weighted by molar-refractivity contribution is -0.147. The van der Waals surface area contributed by atoms with Crippen molar-refractivity contribution < 1.29 is 23.9 Å². The molecule has 0 spiro atoms. The van der Waals surface area contributed by atoms with Crippen molar-refractivity contribution in [3.63, 3.8) is 0 Å².